The third-order valence-electron chi connectivity index (χ3n) is 5.09. The zero-order valence-corrected chi connectivity index (χ0v) is 16.8. The van der Waals surface area contributed by atoms with Crippen molar-refractivity contribution in [2.75, 3.05) is 32.2 Å². The Kier molecular flexibility index (Phi) is 6.21. The van der Waals surface area contributed by atoms with E-state index in [9.17, 15) is 9.59 Å². The smallest absolute Gasteiger partial charge is 0.269 e. The fourth-order valence-electron chi connectivity index (χ4n) is 3.37. The molecule has 0 atom stereocenters. The number of nitrogens with one attached hydrogen (secondary N) is 2. The van der Waals surface area contributed by atoms with Crippen molar-refractivity contribution < 1.29 is 14.3 Å². The molecule has 1 saturated heterocycles. The first-order valence-electron chi connectivity index (χ1n) is 9.14. The number of anilines is 1. The molecule has 0 aromatic heterocycles. The monoisotopic (exact) mass is 401 g/mol. The van der Waals surface area contributed by atoms with Gasteiger partial charge in [0.15, 0.2) is 0 Å². The molecule has 28 heavy (non-hydrogen) atoms. The molecule has 3 rings (SSSR count). The van der Waals surface area contributed by atoms with E-state index in [1.54, 1.807) is 30.3 Å². The summed E-state index contributed by atoms with van der Waals surface area (Å²) in [6, 6.07) is 14.4. The zero-order chi connectivity index (χ0) is 20.1. The third kappa shape index (κ3) is 4.29. The molecule has 0 radical (unpaired) electrons. The lowest BCUT2D eigenvalue weighted by molar-refractivity contribution is -0.131. The second-order valence-electron chi connectivity index (χ2n) is 7.05. The highest BCUT2D eigenvalue weighted by molar-refractivity contribution is 6.30. The molecule has 1 heterocycles. The quantitative estimate of drug-likeness (QED) is 0.773. The Bertz CT molecular complexity index is 846. The van der Waals surface area contributed by atoms with Crippen LogP contribution >= 0.6 is 11.6 Å². The molecule has 0 bridgehead atoms. The summed E-state index contributed by atoms with van der Waals surface area (Å²) in [4.78, 5) is 27.5. The Morgan fingerprint density at radius 1 is 1.04 bits per heavy atom. The second kappa shape index (κ2) is 8.63. The summed E-state index contributed by atoms with van der Waals surface area (Å²) in [7, 11) is 3.81. The average molecular weight is 402 g/mol. The van der Waals surface area contributed by atoms with Gasteiger partial charge in [-0.25, -0.2) is 0 Å². The number of rotatable bonds is 4. The first kappa shape index (κ1) is 20.2. The number of carbonyl (C=O) groups is 2. The lowest BCUT2D eigenvalue weighted by Gasteiger charge is -2.36. The van der Waals surface area contributed by atoms with Crippen LogP contribution in [0.15, 0.2) is 48.5 Å². The molecular weight excluding hydrogens is 378 g/mol. The molecule has 1 aliphatic heterocycles. The van der Waals surface area contributed by atoms with Gasteiger partial charge in [0.25, 0.3) is 5.91 Å². The van der Waals surface area contributed by atoms with Crippen molar-refractivity contribution in [1.29, 1.82) is 0 Å². The van der Waals surface area contributed by atoms with Crippen molar-refractivity contribution >= 4 is 29.1 Å². The Morgan fingerprint density at radius 2 is 1.71 bits per heavy atom. The van der Waals surface area contributed by atoms with Crippen LogP contribution in [0.5, 0.6) is 0 Å². The van der Waals surface area contributed by atoms with Crippen molar-refractivity contribution in [3.8, 4) is 0 Å². The summed E-state index contributed by atoms with van der Waals surface area (Å²) in [5.41, 5.74) is 6.63. The van der Waals surface area contributed by atoms with Gasteiger partial charge < -0.3 is 9.64 Å². The van der Waals surface area contributed by atoms with E-state index < -0.39 is 5.41 Å². The van der Waals surface area contributed by atoms with Gasteiger partial charge in [0.2, 0.25) is 5.91 Å². The molecule has 1 aliphatic rings. The first-order chi connectivity index (χ1) is 13.4. The lowest BCUT2D eigenvalue weighted by atomic mass is 9.73. The molecule has 2 aromatic rings. The Balaban J connectivity index is 1.75. The van der Waals surface area contributed by atoms with Crippen molar-refractivity contribution in [2.45, 2.75) is 18.3 Å². The number of hydrazine groups is 1. The minimum Gasteiger partial charge on any atom is -0.381 e. The maximum Gasteiger partial charge on any atom is 0.269 e. The van der Waals surface area contributed by atoms with Crippen LogP contribution in [0.2, 0.25) is 5.02 Å². The van der Waals surface area contributed by atoms with Crippen molar-refractivity contribution in [1.82, 2.24) is 10.9 Å². The number of carbonyl (C=O) groups excluding carboxylic acids is 2. The van der Waals surface area contributed by atoms with Crippen molar-refractivity contribution in [3.05, 3.63) is 64.7 Å². The van der Waals surface area contributed by atoms with Gasteiger partial charge in [0.05, 0.1) is 5.41 Å². The third-order valence-corrected chi connectivity index (χ3v) is 5.34. The highest BCUT2D eigenvalue weighted by Gasteiger charge is 2.42. The van der Waals surface area contributed by atoms with Crippen LogP contribution in [0.3, 0.4) is 0 Å². The first-order valence-corrected chi connectivity index (χ1v) is 9.52. The van der Waals surface area contributed by atoms with E-state index in [4.69, 9.17) is 16.3 Å². The standard InChI is InChI=1S/C21H24ClN3O3/c1-25(2)18-5-3-4-15(14-18)19(26)23-24-20(27)21(10-12-28-13-11-21)16-6-8-17(22)9-7-16/h3-9,14H,10-13H2,1-2H3,(H,23,26)(H,24,27). The van der Waals surface area contributed by atoms with E-state index >= 15 is 0 Å². The van der Waals surface area contributed by atoms with Gasteiger partial charge in [0, 0.05) is 43.6 Å². The van der Waals surface area contributed by atoms with Gasteiger partial charge in [-0.2, -0.15) is 0 Å². The summed E-state index contributed by atoms with van der Waals surface area (Å²) in [5, 5.41) is 0.612. The number of benzene rings is 2. The van der Waals surface area contributed by atoms with Crippen LogP contribution in [-0.2, 0) is 14.9 Å². The lowest BCUT2D eigenvalue weighted by Crippen LogP contribution is -2.53. The number of hydrogen-bond acceptors (Lipinski definition) is 4. The van der Waals surface area contributed by atoms with E-state index in [1.165, 1.54) is 0 Å². The van der Waals surface area contributed by atoms with Crippen molar-refractivity contribution in [3.63, 3.8) is 0 Å². The number of halogens is 1. The molecule has 6 nitrogen and oxygen atoms in total. The Morgan fingerprint density at radius 3 is 2.36 bits per heavy atom. The van der Waals surface area contributed by atoms with Gasteiger partial charge in [-0.3, -0.25) is 20.4 Å². The highest BCUT2D eigenvalue weighted by Crippen LogP contribution is 2.35. The van der Waals surface area contributed by atoms with E-state index in [2.05, 4.69) is 10.9 Å². The highest BCUT2D eigenvalue weighted by atomic mass is 35.5. The SMILES string of the molecule is CN(C)c1cccc(C(=O)NNC(=O)C2(c3ccc(Cl)cc3)CCOCC2)c1. The van der Waals surface area contributed by atoms with E-state index in [1.807, 2.05) is 37.2 Å². The summed E-state index contributed by atoms with van der Waals surface area (Å²) in [5.74, 6) is -0.620. The predicted molar refractivity (Wildman–Crippen MR) is 110 cm³/mol. The van der Waals surface area contributed by atoms with E-state index in [-0.39, 0.29) is 11.8 Å². The summed E-state index contributed by atoms with van der Waals surface area (Å²) >= 11 is 6.00. The van der Waals surface area contributed by atoms with Crippen LogP contribution in [-0.4, -0.2) is 39.1 Å². The molecule has 0 spiro atoms. The average Bonchev–Trinajstić information content (AvgIpc) is 2.72. The molecule has 2 amide bonds. The van der Waals surface area contributed by atoms with Crippen molar-refractivity contribution in [2.24, 2.45) is 0 Å². The summed E-state index contributed by atoms with van der Waals surface area (Å²) in [6.07, 6.45) is 1.07. The molecule has 0 saturated carbocycles. The second-order valence-corrected chi connectivity index (χ2v) is 7.49. The van der Waals surface area contributed by atoms with E-state index in [0.29, 0.717) is 36.6 Å². The molecule has 7 heteroatoms. The van der Waals surface area contributed by atoms with Crippen LogP contribution in [0, 0.1) is 0 Å². The van der Waals surface area contributed by atoms with E-state index in [0.717, 1.165) is 11.3 Å². The fraction of sp³-hybridized carbons (Fsp3) is 0.333. The van der Waals surface area contributed by atoms with Crippen LogP contribution in [0.1, 0.15) is 28.8 Å². The largest absolute Gasteiger partial charge is 0.381 e. The number of hydrogen-bond donors (Lipinski definition) is 2. The van der Waals surface area contributed by atoms with Gasteiger partial charge in [-0.1, -0.05) is 29.8 Å². The van der Waals surface area contributed by atoms with Crippen LogP contribution in [0.4, 0.5) is 5.69 Å². The topological polar surface area (TPSA) is 70.7 Å². The van der Waals surface area contributed by atoms with Gasteiger partial charge in [0.1, 0.15) is 0 Å². The summed E-state index contributed by atoms with van der Waals surface area (Å²) < 4.78 is 5.45. The predicted octanol–water partition coefficient (Wildman–Crippen LogP) is 2.92. The Hall–Kier alpha value is -2.57. The normalized spacial score (nSPS) is 15.5. The molecule has 0 aliphatic carbocycles. The fourth-order valence-corrected chi connectivity index (χ4v) is 3.49. The molecular formula is C21H24ClN3O3. The zero-order valence-electron chi connectivity index (χ0n) is 16.0. The number of amides is 2. The molecule has 2 N–H and O–H groups in total. The van der Waals surface area contributed by atoms with Gasteiger partial charge in [-0.05, 0) is 48.7 Å². The maximum absolute atomic E-state index is 13.1. The number of nitrogens with zero attached hydrogens (tertiary/aromatic N) is 1. The molecule has 0 unspecified atom stereocenters. The van der Waals surface area contributed by atoms with Gasteiger partial charge in [-0.15, -0.1) is 0 Å². The Labute approximate surface area is 169 Å². The maximum atomic E-state index is 13.1. The minimum atomic E-state index is -0.762. The van der Waals surface area contributed by atoms with Crippen LogP contribution in [0.25, 0.3) is 0 Å². The van der Waals surface area contributed by atoms with Crippen LogP contribution < -0.4 is 15.8 Å². The van der Waals surface area contributed by atoms with Gasteiger partial charge >= 0.3 is 0 Å². The molecule has 2 aromatic carbocycles. The molecule has 1 fully saturated rings. The minimum absolute atomic E-state index is 0.254. The molecule has 148 valence electrons. The number of ether oxygens (including phenoxy) is 1. The summed E-state index contributed by atoms with van der Waals surface area (Å²) in [6.45, 7) is 0.962.